The predicted octanol–water partition coefficient (Wildman–Crippen LogP) is 6.11. The van der Waals surface area contributed by atoms with E-state index < -0.39 is 65.5 Å². The summed E-state index contributed by atoms with van der Waals surface area (Å²) in [7, 11) is 0. The Morgan fingerprint density at radius 1 is 0.803 bits per heavy atom. The van der Waals surface area contributed by atoms with E-state index in [1.807, 2.05) is 74.5 Å². The largest absolute Gasteiger partial charge is 0.465 e. The first-order chi connectivity index (χ1) is 29.2. The second-order valence-electron chi connectivity index (χ2n) is 16.3. The van der Waals surface area contributed by atoms with Gasteiger partial charge in [-0.3, -0.25) is 24.5 Å². The minimum Gasteiger partial charge on any atom is -0.465 e. The van der Waals surface area contributed by atoms with Crippen molar-refractivity contribution >= 4 is 35.8 Å². The number of hydrogen-bond acceptors (Lipinski definition) is 9. The maximum Gasteiger partial charge on any atom is 0.407 e. The Balaban J connectivity index is 1.90. The van der Waals surface area contributed by atoms with Gasteiger partial charge in [-0.2, -0.15) is 0 Å². The van der Waals surface area contributed by atoms with E-state index in [-0.39, 0.29) is 45.3 Å². The third-order valence-corrected chi connectivity index (χ3v) is 10.3. The molecule has 3 atom stereocenters. The van der Waals surface area contributed by atoms with Crippen LogP contribution in [0, 0.1) is 5.92 Å². The number of benzene rings is 3. The molecule has 0 spiro atoms. The van der Waals surface area contributed by atoms with Crippen molar-refractivity contribution in [3.63, 3.8) is 0 Å². The van der Waals surface area contributed by atoms with Gasteiger partial charge in [-0.25, -0.2) is 9.59 Å². The fraction of sp³-hybridized carbons (Fsp3) is 0.489. The summed E-state index contributed by atoms with van der Waals surface area (Å²) in [5.41, 5.74) is 0.146. The summed E-state index contributed by atoms with van der Waals surface area (Å²) < 4.78 is 16.8. The number of carbonyl (C=O) groups is 6. The van der Waals surface area contributed by atoms with Crippen molar-refractivity contribution in [2.24, 2.45) is 5.92 Å². The number of carbonyl (C=O) groups excluding carboxylic acids is 6. The van der Waals surface area contributed by atoms with Crippen molar-refractivity contribution in [3.8, 4) is 11.1 Å². The van der Waals surface area contributed by atoms with Crippen LogP contribution < -0.4 is 21.3 Å². The highest BCUT2D eigenvalue weighted by molar-refractivity contribution is 6.01. The number of amides is 6. The molecular weight excluding hydrogens is 779 g/mol. The summed E-state index contributed by atoms with van der Waals surface area (Å²) in [6.45, 7) is 9.52. The third-order valence-electron chi connectivity index (χ3n) is 10.3. The average molecular weight is 842 g/mol. The molecule has 6 amide bonds. The van der Waals surface area contributed by atoms with Crippen LogP contribution in [0.2, 0.25) is 0 Å². The van der Waals surface area contributed by atoms with Gasteiger partial charge in [0.1, 0.15) is 17.2 Å². The molecule has 4 N–H and O–H groups in total. The van der Waals surface area contributed by atoms with Gasteiger partial charge in [-0.1, -0.05) is 112 Å². The highest BCUT2D eigenvalue weighted by Gasteiger charge is 2.49. The number of rotatable bonds is 20. The molecule has 4 rings (SSSR count). The van der Waals surface area contributed by atoms with Crippen molar-refractivity contribution in [1.82, 2.24) is 26.2 Å². The zero-order valence-corrected chi connectivity index (χ0v) is 36.3. The highest BCUT2D eigenvalue weighted by Crippen LogP contribution is 2.32. The van der Waals surface area contributed by atoms with Crippen molar-refractivity contribution in [2.45, 2.75) is 103 Å². The molecule has 1 saturated heterocycles. The Morgan fingerprint density at radius 2 is 1.46 bits per heavy atom. The van der Waals surface area contributed by atoms with Gasteiger partial charge >= 0.3 is 18.1 Å². The quantitative estimate of drug-likeness (QED) is 0.0771. The number of morpholine rings is 1. The van der Waals surface area contributed by atoms with E-state index in [1.165, 1.54) is 4.90 Å². The molecule has 1 aliphatic heterocycles. The molecule has 0 radical (unpaired) electrons. The molecule has 0 aromatic heterocycles. The summed E-state index contributed by atoms with van der Waals surface area (Å²) in [6.07, 6.45) is 1.88. The van der Waals surface area contributed by atoms with E-state index in [0.717, 1.165) is 24.0 Å². The molecule has 3 aromatic carbocycles. The molecule has 1 fully saturated rings. The summed E-state index contributed by atoms with van der Waals surface area (Å²) >= 11 is 0. The van der Waals surface area contributed by atoms with Crippen LogP contribution in [0.4, 0.5) is 9.59 Å². The van der Waals surface area contributed by atoms with Gasteiger partial charge in [0.15, 0.2) is 0 Å². The Hall–Kier alpha value is -5.76. The summed E-state index contributed by atoms with van der Waals surface area (Å²) in [4.78, 5) is 85.3. The SMILES string of the molecule is CCCCCC(=O)NC(Cc1ccccc1-c1ccccc1)(C(=O)NC(Cc1ccccc1)C(=O)NC(=O)N1CCOCC1)C(CNC(=O)OC(C)(C)C)COC(=O)CCC. The number of ether oxygens (including phenoxy) is 3. The molecule has 3 unspecified atom stereocenters. The van der Waals surface area contributed by atoms with Crippen LogP contribution in [0.5, 0.6) is 0 Å². The maximum absolute atomic E-state index is 15.7. The van der Waals surface area contributed by atoms with E-state index >= 15 is 4.79 Å². The van der Waals surface area contributed by atoms with E-state index in [2.05, 4.69) is 21.3 Å². The lowest BCUT2D eigenvalue weighted by molar-refractivity contribution is -0.149. The molecule has 3 aromatic rings. The smallest absolute Gasteiger partial charge is 0.407 e. The molecule has 0 bridgehead atoms. The first-order valence-corrected chi connectivity index (χ1v) is 21.3. The summed E-state index contributed by atoms with van der Waals surface area (Å²) in [6, 6.07) is 24.1. The zero-order valence-electron chi connectivity index (χ0n) is 36.3. The molecule has 14 nitrogen and oxygen atoms in total. The standard InChI is InChI=1S/C47H63N5O9/c1-6-8-11-25-40(53)51-47(31-36-23-16-17-24-38(36)35-21-14-10-15-22-35,37(33-60-41(54)18-7-2)32-48-45(58)61-46(3,4)5)43(56)49-39(30-34-19-12-9-13-20-34)42(55)50-44(57)52-26-28-59-29-27-52/h9-10,12-17,19-24,37,39H,6-8,11,18,25-33H2,1-5H3,(H,48,58)(H,49,56)(H,51,53)(H,50,55,57). The lowest BCUT2D eigenvalue weighted by Gasteiger charge is -2.41. The van der Waals surface area contributed by atoms with Gasteiger partial charge < -0.3 is 35.1 Å². The number of alkyl carbamates (subject to hydrolysis) is 1. The van der Waals surface area contributed by atoms with Gasteiger partial charge in [0, 0.05) is 51.2 Å². The van der Waals surface area contributed by atoms with Gasteiger partial charge in [0.25, 0.3) is 5.91 Å². The normalized spacial score (nSPS) is 14.7. The van der Waals surface area contributed by atoms with Gasteiger partial charge in [0.2, 0.25) is 11.8 Å². The minimum atomic E-state index is -1.97. The van der Waals surface area contributed by atoms with Crippen LogP contribution in [0.25, 0.3) is 11.1 Å². The molecule has 1 aliphatic rings. The number of nitrogens with one attached hydrogen (secondary N) is 4. The van der Waals surface area contributed by atoms with E-state index in [9.17, 15) is 24.0 Å². The predicted molar refractivity (Wildman–Crippen MR) is 232 cm³/mol. The van der Waals surface area contributed by atoms with Gasteiger partial charge in [-0.05, 0) is 55.9 Å². The molecule has 330 valence electrons. The number of unbranched alkanes of at least 4 members (excludes halogenated alkanes) is 2. The zero-order chi connectivity index (χ0) is 44.3. The van der Waals surface area contributed by atoms with Gasteiger partial charge in [-0.15, -0.1) is 0 Å². The second-order valence-corrected chi connectivity index (χ2v) is 16.3. The van der Waals surface area contributed by atoms with Crippen molar-refractivity contribution in [1.29, 1.82) is 0 Å². The van der Waals surface area contributed by atoms with Crippen LogP contribution in [-0.4, -0.2) is 97.4 Å². The fourth-order valence-electron chi connectivity index (χ4n) is 7.08. The monoisotopic (exact) mass is 841 g/mol. The number of imide groups is 1. The van der Waals surface area contributed by atoms with Crippen molar-refractivity contribution < 1.29 is 43.0 Å². The van der Waals surface area contributed by atoms with Crippen LogP contribution in [-0.2, 0) is 46.2 Å². The third kappa shape index (κ3) is 15.3. The number of nitrogens with zero attached hydrogens (tertiary/aromatic N) is 1. The number of urea groups is 1. The Morgan fingerprint density at radius 3 is 2.11 bits per heavy atom. The van der Waals surface area contributed by atoms with Crippen LogP contribution >= 0.6 is 0 Å². The summed E-state index contributed by atoms with van der Waals surface area (Å²) in [5, 5.41) is 11.3. The van der Waals surface area contributed by atoms with E-state index in [4.69, 9.17) is 14.2 Å². The van der Waals surface area contributed by atoms with E-state index in [0.29, 0.717) is 37.2 Å². The first-order valence-electron chi connectivity index (χ1n) is 21.3. The molecule has 61 heavy (non-hydrogen) atoms. The average Bonchev–Trinajstić information content (AvgIpc) is 3.24. The van der Waals surface area contributed by atoms with Gasteiger partial charge in [0.05, 0.1) is 19.8 Å². The first kappa shape index (κ1) is 47.9. The number of hydrogen-bond donors (Lipinski definition) is 4. The number of esters is 1. The minimum absolute atomic E-state index is 0.0117. The lowest BCUT2D eigenvalue weighted by atomic mass is 9.76. The Bertz CT molecular complexity index is 1900. The maximum atomic E-state index is 15.7. The van der Waals surface area contributed by atoms with Crippen molar-refractivity contribution in [3.05, 3.63) is 96.1 Å². The van der Waals surface area contributed by atoms with E-state index in [1.54, 1.807) is 45.0 Å². The molecule has 14 heteroatoms. The Kier molecular flexibility index (Phi) is 18.8. The fourth-order valence-corrected chi connectivity index (χ4v) is 7.08. The molecule has 1 heterocycles. The highest BCUT2D eigenvalue weighted by atomic mass is 16.6. The lowest BCUT2D eigenvalue weighted by Crippen LogP contribution is -2.69. The van der Waals surface area contributed by atoms with Crippen LogP contribution in [0.1, 0.15) is 84.3 Å². The van der Waals surface area contributed by atoms with Crippen molar-refractivity contribution in [2.75, 3.05) is 39.5 Å². The molecule has 0 saturated carbocycles. The van der Waals surface area contributed by atoms with Crippen LogP contribution in [0.15, 0.2) is 84.9 Å². The molecular formula is C47H63N5O9. The Labute approximate surface area is 359 Å². The van der Waals surface area contributed by atoms with Crippen LogP contribution in [0.3, 0.4) is 0 Å². The molecule has 0 aliphatic carbocycles. The summed E-state index contributed by atoms with van der Waals surface area (Å²) in [5.74, 6) is -3.64. The topological polar surface area (TPSA) is 181 Å². The second kappa shape index (κ2) is 23.9.